The number of pyridine rings is 1. The van der Waals surface area contributed by atoms with Crippen molar-refractivity contribution in [3.63, 3.8) is 0 Å². The fourth-order valence-corrected chi connectivity index (χ4v) is 4.41. The van der Waals surface area contributed by atoms with Gasteiger partial charge in [-0.15, -0.1) is 11.3 Å². The van der Waals surface area contributed by atoms with Gasteiger partial charge in [-0.3, -0.25) is 9.59 Å². The standard InChI is InChI=1S/C19H15ClF2N2O2S/c20-14-7-11(1-2-15(14)22)13-10-27-16-4-6-24(19(26)18(13)16)9-17(25)23-5-3-12(21)8-23/h1-2,4,6-7,10,12H,3,5,8-9H2/t12-/m0/s1. The number of nitrogens with zero attached hydrogens (tertiary/aromatic N) is 2. The molecule has 1 atom stereocenters. The van der Waals surface area contributed by atoms with Gasteiger partial charge in [0.15, 0.2) is 0 Å². The van der Waals surface area contributed by atoms with Crippen LogP contribution < -0.4 is 5.56 Å². The predicted octanol–water partition coefficient (Wildman–Crippen LogP) is 4.09. The first-order valence-electron chi connectivity index (χ1n) is 8.42. The minimum Gasteiger partial charge on any atom is -0.338 e. The molecule has 1 aromatic carbocycles. The maximum absolute atomic E-state index is 13.5. The van der Waals surface area contributed by atoms with Crippen molar-refractivity contribution in [3.05, 3.63) is 57.0 Å². The monoisotopic (exact) mass is 408 g/mol. The number of amides is 1. The highest BCUT2D eigenvalue weighted by Crippen LogP contribution is 2.33. The van der Waals surface area contributed by atoms with Crippen LogP contribution in [-0.4, -0.2) is 34.6 Å². The quantitative estimate of drug-likeness (QED) is 0.655. The molecule has 8 heteroatoms. The summed E-state index contributed by atoms with van der Waals surface area (Å²) in [6, 6.07) is 6.07. The van der Waals surface area contributed by atoms with Crippen LogP contribution in [0, 0.1) is 5.82 Å². The van der Waals surface area contributed by atoms with E-state index in [0.717, 1.165) is 4.70 Å². The van der Waals surface area contributed by atoms with Crippen molar-refractivity contribution in [2.45, 2.75) is 19.1 Å². The highest BCUT2D eigenvalue weighted by molar-refractivity contribution is 7.17. The van der Waals surface area contributed by atoms with Gasteiger partial charge in [0.05, 0.1) is 17.0 Å². The number of likely N-dealkylation sites (tertiary alicyclic amines) is 1. The number of fused-ring (bicyclic) bond motifs is 1. The number of thiophene rings is 1. The fourth-order valence-electron chi connectivity index (χ4n) is 3.28. The molecule has 0 spiro atoms. The molecule has 1 amide bonds. The third kappa shape index (κ3) is 3.37. The summed E-state index contributed by atoms with van der Waals surface area (Å²) >= 11 is 7.26. The van der Waals surface area contributed by atoms with Gasteiger partial charge in [-0.1, -0.05) is 17.7 Å². The van der Waals surface area contributed by atoms with E-state index in [9.17, 15) is 18.4 Å². The molecule has 0 unspecified atom stereocenters. The van der Waals surface area contributed by atoms with E-state index in [2.05, 4.69) is 0 Å². The molecule has 0 N–H and O–H groups in total. The van der Waals surface area contributed by atoms with E-state index in [1.165, 1.54) is 32.9 Å². The van der Waals surface area contributed by atoms with Crippen molar-refractivity contribution in [2.75, 3.05) is 13.1 Å². The second kappa shape index (κ2) is 7.05. The molecule has 0 saturated carbocycles. The van der Waals surface area contributed by atoms with Crippen LogP contribution >= 0.6 is 22.9 Å². The zero-order valence-electron chi connectivity index (χ0n) is 14.1. The van der Waals surface area contributed by atoms with Crippen LogP contribution in [0.4, 0.5) is 8.78 Å². The van der Waals surface area contributed by atoms with Crippen molar-refractivity contribution in [1.29, 1.82) is 0 Å². The van der Waals surface area contributed by atoms with Gasteiger partial charge in [-0.25, -0.2) is 8.78 Å². The molecule has 4 rings (SSSR count). The Labute approximate surface area is 162 Å². The average Bonchev–Trinajstić information content (AvgIpc) is 3.26. The van der Waals surface area contributed by atoms with Gasteiger partial charge < -0.3 is 9.47 Å². The van der Waals surface area contributed by atoms with Gasteiger partial charge >= 0.3 is 0 Å². The molecule has 1 aliphatic heterocycles. The molecule has 0 aliphatic carbocycles. The molecular weight excluding hydrogens is 394 g/mol. The van der Waals surface area contributed by atoms with Crippen molar-refractivity contribution in [2.24, 2.45) is 0 Å². The topological polar surface area (TPSA) is 42.3 Å². The minimum atomic E-state index is -1.00. The van der Waals surface area contributed by atoms with Crippen molar-refractivity contribution in [1.82, 2.24) is 9.47 Å². The number of halogens is 3. The number of hydrogen-bond acceptors (Lipinski definition) is 3. The van der Waals surface area contributed by atoms with E-state index >= 15 is 0 Å². The number of hydrogen-bond donors (Lipinski definition) is 0. The van der Waals surface area contributed by atoms with Crippen molar-refractivity contribution < 1.29 is 13.6 Å². The van der Waals surface area contributed by atoms with Crippen LogP contribution in [0.3, 0.4) is 0 Å². The number of carbonyl (C=O) groups excluding carboxylic acids is 1. The van der Waals surface area contributed by atoms with Crippen molar-refractivity contribution in [3.8, 4) is 11.1 Å². The average molecular weight is 409 g/mol. The molecule has 3 heterocycles. The van der Waals surface area contributed by atoms with Crippen LogP contribution in [0.1, 0.15) is 6.42 Å². The van der Waals surface area contributed by atoms with Crippen LogP contribution in [0.15, 0.2) is 40.6 Å². The minimum absolute atomic E-state index is 0.0203. The molecule has 1 aliphatic rings. The maximum Gasteiger partial charge on any atom is 0.260 e. The zero-order valence-corrected chi connectivity index (χ0v) is 15.7. The van der Waals surface area contributed by atoms with Gasteiger partial charge in [-0.05, 0) is 30.2 Å². The molecule has 27 heavy (non-hydrogen) atoms. The Morgan fingerprint density at radius 3 is 2.85 bits per heavy atom. The zero-order chi connectivity index (χ0) is 19.1. The Balaban J connectivity index is 1.72. The lowest BCUT2D eigenvalue weighted by molar-refractivity contribution is -0.131. The summed E-state index contributed by atoms with van der Waals surface area (Å²) < 4.78 is 28.9. The second-order valence-electron chi connectivity index (χ2n) is 6.49. The summed E-state index contributed by atoms with van der Waals surface area (Å²) in [4.78, 5) is 26.8. The first kappa shape index (κ1) is 18.1. The lowest BCUT2D eigenvalue weighted by Crippen LogP contribution is -2.35. The summed E-state index contributed by atoms with van der Waals surface area (Å²) in [5.74, 6) is -0.807. The molecule has 2 aromatic heterocycles. The molecule has 0 bridgehead atoms. The van der Waals surface area contributed by atoms with E-state index in [1.54, 1.807) is 18.3 Å². The Kier molecular flexibility index (Phi) is 4.74. The highest BCUT2D eigenvalue weighted by Gasteiger charge is 2.26. The van der Waals surface area contributed by atoms with Gasteiger partial charge in [0.25, 0.3) is 5.56 Å². The Bertz CT molecular complexity index is 1090. The molecule has 1 fully saturated rings. The van der Waals surface area contributed by atoms with Gasteiger partial charge in [0.2, 0.25) is 5.91 Å². The Morgan fingerprint density at radius 2 is 2.15 bits per heavy atom. The van der Waals surface area contributed by atoms with Crippen LogP contribution in [0.25, 0.3) is 21.2 Å². The largest absolute Gasteiger partial charge is 0.338 e. The first-order valence-corrected chi connectivity index (χ1v) is 9.67. The van der Waals surface area contributed by atoms with E-state index in [0.29, 0.717) is 29.5 Å². The van der Waals surface area contributed by atoms with E-state index in [1.807, 2.05) is 5.38 Å². The third-order valence-electron chi connectivity index (χ3n) is 4.72. The number of rotatable bonds is 3. The summed E-state index contributed by atoms with van der Waals surface area (Å²) in [6.45, 7) is 0.309. The van der Waals surface area contributed by atoms with Gasteiger partial charge in [0.1, 0.15) is 18.5 Å². The van der Waals surface area contributed by atoms with Gasteiger partial charge in [-0.2, -0.15) is 0 Å². The number of benzene rings is 1. The molecule has 1 saturated heterocycles. The molecule has 4 nitrogen and oxygen atoms in total. The molecule has 140 valence electrons. The first-order chi connectivity index (χ1) is 12.9. The third-order valence-corrected chi connectivity index (χ3v) is 5.96. The lowest BCUT2D eigenvalue weighted by atomic mass is 10.1. The molecule has 0 radical (unpaired) electrons. The molecule has 3 aromatic rings. The number of alkyl halides is 1. The summed E-state index contributed by atoms with van der Waals surface area (Å²) in [5.41, 5.74) is 0.968. The van der Waals surface area contributed by atoms with Crippen molar-refractivity contribution >= 4 is 38.9 Å². The Morgan fingerprint density at radius 1 is 1.33 bits per heavy atom. The smallest absolute Gasteiger partial charge is 0.260 e. The second-order valence-corrected chi connectivity index (χ2v) is 7.81. The normalized spacial score (nSPS) is 17.0. The molecular formula is C19H15ClF2N2O2S. The maximum atomic E-state index is 13.5. The van der Waals surface area contributed by atoms with Crippen LogP contribution in [0.2, 0.25) is 5.02 Å². The highest BCUT2D eigenvalue weighted by atomic mass is 35.5. The fraction of sp³-hybridized carbons (Fsp3) is 0.263. The Hall–Kier alpha value is -2.25. The number of carbonyl (C=O) groups is 1. The van der Waals surface area contributed by atoms with E-state index in [4.69, 9.17) is 11.6 Å². The van der Waals surface area contributed by atoms with Crippen LogP contribution in [-0.2, 0) is 11.3 Å². The summed E-state index contributed by atoms with van der Waals surface area (Å²) in [5, 5.41) is 2.26. The van der Waals surface area contributed by atoms with Gasteiger partial charge in [0, 0.05) is 28.4 Å². The summed E-state index contributed by atoms with van der Waals surface area (Å²) in [7, 11) is 0. The van der Waals surface area contributed by atoms with E-state index < -0.39 is 12.0 Å². The lowest BCUT2D eigenvalue weighted by Gasteiger charge is -2.16. The summed E-state index contributed by atoms with van der Waals surface area (Å²) in [6.07, 6.45) is 0.906. The number of aromatic nitrogens is 1. The van der Waals surface area contributed by atoms with E-state index in [-0.39, 0.29) is 29.6 Å². The SMILES string of the molecule is O=C(Cn1ccc2scc(-c3ccc(F)c(Cl)c3)c2c1=O)N1CC[C@H](F)C1. The van der Waals surface area contributed by atoms with Crippen LogP contribution in [0.5, 0.6) is 0 Å². The predicted molar refractivity (Wildman–Crippen MR) is 103 cm³/mol.